The van der Waals surface area contributed by atoms with Gasteiger partial charge in [-0.15, -0.1) is 30.4 Å². The van der Waals surface area contributed by atoms with Crippen LogP contribution in [0.4, 0.5) is 4.79 Å². The SMILES string of the molecule is CCCCc1nc(Cl)c(COC(=O)CCCO[N+](=O)[O-])n1Cc1ccc(-c2ccccc2/C(N)=N/N(N)C(=O)OCc2cccc(CO[N+](=O)[O-])c2)cc1. The molecule has 0 aliphatic rings. The minimum absolute atomic E-state index is 0.0498. The third kappa shape index (κ3) is 12.2. The van der Waals surface area contributed by atoms with E-state index in [1.807, 2.05) is 41.0 Å². The van der Waals surface area contributed by atoms with E-state index >= 15 is 0 Å². The summed E-state index contributed by atoms with van der Waals surface area (Å²) in [5.74, 6) is 6.01. The maximum atomic E-state index is 12.6. The highest BCUT2D eigenvalue weighted by Crippen LogP contribution is 2.26. The van der Waals surface area contributed by atoms with Crippen LogP contribution in [0.15, 0.2) is 77.9 Å². The van der Waals surface area contributed by atoms with Gasteiger partial charge in [-0.05, 0) is 40.7 Å². The summed E-state index contributed by atoms with van der Waals surface area (Å²) in [7, 11) is 0. The molecule has 0 aliphatic heterocycles. The first-order chi connectivity index (χ1) is 25.9. The lowest BCUT2D eigenvalue weighted by Crippen LogP contribution is -2.35. The number of amidine groups is 1. The van der Waals surface area contributed by atoms with Crippen LogP contribution in [0.3, 0.4) is 0 Å². The number of hydrogen-bond acceptors (Lipinski definition) is 13. The second-order valence-electron chi connectivity index (χ2n) is 11.7. The Bertz CT molecular complexity index is 1950. The van der Waals surface area contributed by atoms with E-state index in [9.17, 15) is 29.8 Å². The van der Waals surface area contributed by atoms with Gasteiger partial charge in [0.1, 0.15) is 25.6 Å². The summed E-state index contributed by atoms with van der Waals surface area (Å²) in [5.41, 5.74) is 10.8. The topological polar surface area (TPSA) is 243 Å². The molecule has 0 aliphatic carbocycles. The maximum absolute atomic E-state index is 12.6. The van der Waals surface area contributed by atoms with E-state index in [1.165, 1.54) is 0 Å². The zero-order valence-electron chi connectivity index (χ0n) is 29.3. The number of imidazole rings is 1. The van der Waals surface area contributed by atoms with E-state index < -0.39 is 22.2 Å². The first-order valence-electron chi connectivity index (χ1n) is 16.7. The molecular weight excluding hydrogens is 728 g/mol. The Kier molecular flexibility index (Phi) is 15.1. The van der Waals surface area contributed by atoms with Crippen LogP contribution in [0.2, 0.25) is 5.15 Å². The monoisotopic (exact) mass is 766 g/mol. The Morgan fingerprint density at radius 1 is 0.907 bits per heavy atom. The van der Waals surface area contributed by atoms with Crippen LogP contribution in [0.25, 0.3) is 11.1 Å². The van der Waals surface area contributed by atoms with Crippen molar-refractivity contribution < 1.29 is 38.9 Å². The fourth-order valence-corrected chi connectivity index (χ4v) is 5.47. The summed E-state index contributed by atoms with van der Waals surface area (Å²) in [5, 5.41) is 23.7. The Balaban J connectivity index is 1.44. The van der Waals surface area contributed by atoms with Crippen LogP contribution in [-0.2, 0) is 56.7 Å². The predicted octanol–water partition coefficient (Wildman–Crippen LogP) is 5.47. The smallest absolute Gasteiger partial charge is 0.445 e. The van der Waals surface area contributed by atoms with Crippen molar-refractivity contribution in [1.29, 1.82) is 0 Å². The van der Waals surface area contributed by atoms with Crippen LogP contribution in [0.5, 0.6) is 0 Å². The normalized spacial score (nSPS) is 11.1. The number of aromatic nitrogens is 2. The minimum Gasteiger partial charge on any atom is -0.459 e. The molecule has 0 atom stereocenters. The number of carbonyl (C=O) groups excluding carboxylic acids is 2. The van der Waals surface area contributed by atoms with Crippen molar-refractivity contribution in [3.8, 4) is 11.1 Å². The molecule has 4 rings (SSSR count). The number of amides is 1. The predicted molar refractivity (Wildman–Crippen MR) is 194 cm³/mol. The molecule has 4 aromatic rings. The van der Waals surface area contributed by atoms with Gasteiger partial charge in [0.05, 0.1) is 12.3 Å². The van der Waals surface area contributed by atoms with Crippen LogP contribution in [0.1, 0.15) is 66.4 Å². The highest BCUT2D eigenvalue weighted by Gasteiger charge is 2.19. The lowest BCUT2D eigenvalue weighted by atomic mass is 9.98. The first kappa shape index (κ1) is 40.5. The van der Waals surface area contributed by atoms with Gasteiger partial charge in [-0.2, -0.15) is 0 Å². The van der Waals surface area contributed by atoms with Crippen molar-refractivity contribution in [1.82, 2.24) is 14.7 Å². The largest absolute Gasteiger partial charge is 0.459 e. The number of hydrogen-bond donors (Lipinski definition) is 2. The quantitative estimate of drug-likeness (QED) is 0.0166. The number of nitrogens with zero attached hydrogens (tertiary/aromatic N) is 6. The Labute approximate surface area is 314 Å². The van der Waals surface area contributed by atoms with E-state index in [1.54, 1.807) is 36.4 Å². The van der Waals surface area contributed by atoms with Crippen molar-refractivity contribution >= 4 is 29.5 Å². The molecule has 19 heteroatoms. The number of hydrazine groups is 1. The van der Waals surface area contributed by atoms with E-state index in [-0.39, 0.29) is 50.3 Å². The molecule has 3 aromatic carbocycles. The van der Waals surface area contributed by atoms with E-state index in [2.05, 4.69) is 26.7 Å². The molecule has 1 aromatic heterocycles. The molecule has 0 radical (unpaired) electrons. The average Bonchev–Trinajstić information content (AvgIpc) is 3.45. The van der Waals surface area contributed by atoms with Crippen LogP contribution in [-0.4, -0.2) is 49.3 Å². The van der Waals surface area contributed by atoms with Crippen molar-refractivity contribution in [2.45, 2.75) is 65.4 Å². The van der Waals surface area contributed by atoms with Crippen molar-refractivity contribution in [3.05, 3.63) is 132 Å². The van der Waals surface area contributed by atoms with E-state index in [0.29, 0.717) is 46.0 Å². The second kappa shape index (κ2) is 20.1. The maximum Gasteiger partial charge on any atom is 0.445 e. The molecule has 0 unspecified atom stereocenters. The number of benzene rings is 3. The number of ether oxygens (including phenoxy) is 2. The van der Waals surface area contributed by atoms with Gasteiger partial charge in [0.25, 0.3) is 10.2 Å². The number of rotatable bonds is 20. The Morgan fingerprint density at radius 2 is 1.61 bits per heavy atom. The molecular formula is C35H39ClN8O10. The van der Waals surface area contributed by atoms with Gasteiger partial charge >= 0.3 is 12.1 Å². The molecule has 18 nitrogen and oxygen atoms in total. The standard InChI is InChI=1S/C35H39ClN8O10/c1-2-3-12-31-39-33(36)30(23-51-32(45)13-7-18-53-43(47)48)41(31)20-24-14-16-27(17-15-24)28-10-4-5-11-29(28)34(37)40-42(38)35(46)52-21-25-8-6-9-26(19-25)22-54-44(49)50/h4-6,8-11,14-17,19H,2-3,7,12-13,18,20-23,38H2,1H3,(H2,37,40). The highest BCUT2D eigenvalue weighted by atomic mass is 35.5. The molecule has 1 heterocycles. The number of esters is 1. The summed E-state index contributed by atoms with van der Waals surface area (Å²) >= 11 is 6.51. The first-order valence-corrected chi connectivity index (χ1v) is 17.1. The number of carbonyl (C=O) groups is 2. The second-order valence-corrected chi connectivity index (χ2v) is 12.1. The van der Waals surface area contributed by atoms with Crippen molar-refractivity contribution in [2.24, 2.45) is 16.7 Å². The van der Waals surface area contributed by atoms with Gasteiger partial charge in [0.15, 0.2) is 11.0 Å². The number of halogens is 1. The molecule has 0 saturated carbocycles. The third-order valence-electron chi connectivity index (χ3n) is 7.85. The molecule has 0 saturated heterocycles. The van der Waals surface area contributed by atoms with Gasteiger partial charge in [0, 0.05) is 24.9 Å². The van der Waals surface area contributed by atoms with Gasteiger partial charge in [-0.1, -0.05) is 97.7 Å². The zero-order valence-corrected chi connectivity index (χ0v) is 30.1. The number of aryl methyl sites for hydroxylation is 1. The molecule has 0 spiro atoms. The van der Waals surface area contributed by atoms with E-state index in [4.69, 9.17) is 32.7 Å². The van der Waals surface area contributed by atoms with Crippen LogP contribution >= 0.6 is 11.6 Å². The summed E-state index contributed by atoms with van der Waals surface area (Å²) in [6.45, 7) is 1.67. The lowest BCUT2D eigenvalue weighted by Gasteiger charge is -2.15. The fraction of sp³-hybridized carbons (Fsp3) is 0.314. The number of nitrogens with two attached hydrogens (primary N) is 2. The van der Waals surface area contributed by atoms with Gasteiger partial charge < -0.3 is 29.4 Å². The summed E-state index contributed by atoms with van der Waals surface area (Å²) in [4.78, 5) is 58.9. The minimum atomic E-state index is -0.985. The zero-order chi connectivity index (χ0) is 39.0. The van der Waals surface area contributed by atoms with Crippen LogP contribution < -0.4 is 11.6 Å². The molecule has 54 heavy (non-hydrogen) atoms. The highest BCUT2D eigenvalue weighted by molar-refractivity contribution is 6.30. The average molecular weight is 767 g/mol. The summed E-state index contributed by atoms with van der Waals surface area (Å²) in [6, 6.07) is 21.3. The van der Waals surface area contributed by atoms with Gasteiger partial charge in [-0.25, -0.2) is 15.6 Å². The number of hydrazone groups is 1. The van der Waals surface area contributed by atoms with Gasteiger partial charge in [0.2, 0.25) is 0 Å². The van der Waals surface area contributed by atoms with Crippen molar-refractivity contribution in [3.63, 3.8) is 0 Å². The van der Waals surface area contributed by atoms with Crippen molar-refractivity contribution in [2.75, 3.05) is 6.61 Å². The lowest BCUT2D eigenvalue weighted by molar-refractivity contribution is -0.763. The molecule has 1 amide bonds. The van der Waals surface area contributed by atoms with Gasteiger partial charge in [-0.3, -0.25) is 4.79 Å². The molecule has 0 fully saturated rings. The Hall–Kier alpha value is -6.27. The fourth-order valence-electron chi connectivity index (χ4n) is 5.22. The third-order valence-corrected chi connectivity index (χ3v) is 8.15. The number of unbranched alkanes of at least 4 members (excludes halogenated alkanes) is 1. The van der Waals surface area contributed by atoms with E-state index in [0.717, 1.165) is 29.8 Å². The summed E-state index contributed by atoms with van der Waals surface area (Å²) < 4.78 is 12.6. The molecule has 0 bridgehead atoms. The summed E-state index contributed by atoms with van der Waals surface area (Å²) in [6.07, 6.45) is 1.55. The van der Waals surface area contributed by atoms with Crippen LogP contribution in [0, 0.1) is 20.2 Å². The molecule has 4 N–H and O–H groups in total. The Morgan fingerprint density at radius 3 is 2.31 bits per heavy atom. The molecule has 286 valence electrons.